The molecule has 1 N–H and O–H groups in total. The lowest BCUT2D eigenvalue weighted by atomic mass is 10.1. The zero-order valence-corrected chi connectivity index (χ0v) is 7.55. The maximum absolute atomic E-state index is 11.8. The zero-order valence-electron chi connectivity index (χ0n) is 7.55. The van der Waals surface area contributed by atoms with Gasteiger partial charge in [-0.05, 0) is 0 Å². The van der Waals surface area contributed by atoms with Crippen LogP contribution in [0.4, 0.5) is 13.2 Å². The van der Waals surface area contributed by atoms with Crippen molar-refractivity contribution in [3.8, 4) is 0 Å². The van der Waals surface area contributed by atoms with E-state index in [4.69, 9.17) is 5.11 Å². The maximum Gasteiger partial charge on any atom is 0.390 e. The summed E-state index contributed by atoms with van der Waals surface area (Å²) in [4.78, 5) is 12.3. The first-order chi connectivity index (χ1) is 6.42. The Morgan fingerprint density at radius 3 is 2.57 bits per heavy atom. The highest BCUT2D eigenvalue weighted by Crippen LogP contribution is 2.23. The molecule has 1 aliphatic rings. The molecule has 0 aliphatic carbocycles. The molecule has 0 radical (unpaired) electrons. The van der Waals surface area contributed by atoms with Gasteiger partial charge in [0.2, 0.25) is 5.91 Å². The summed E-state index contributed by atoms with van der Waals surface area (Å²) in [7, 11) is 0. The average Bonchev–Trinajstić information content (AvgIpc) is 2.42. The largest absolute Gasteiger partial charge is 0.396 e. The second-order valence-corrected chi connectivity index (χ2v) is 3.46. The number of likely N-dealkylation sites (tertiary alicyclic amines) is 1. The lowest BCUT2D eigenvalue weighted by Gasteiger charge is -2.17. The molecule has 6 heteroatoms. The Kier molecular flexibility index (Phi) is 3.36. The number of amides is 1. The van der Waals surface area contributed by atoms with E-state index in [0.29, 0.717) is 0 Å². The average molecular weight is 211 g/mol. The molecule has 3 nitrogen and oxygen atoms in total. The third-order valence-electron chi connectivity index (χ3n) is 2.22. The first kappa shape index (κ1) is 11.3. The first-order valence-corrected chi connectivity index (χ1v) is 4.38. The summed E-state index contributed by atoms with van der Waals surface area (Å²) in [6.45, 7) is -0.196. The number of aliphatic hydroxyl groups is 1. The normalized spacial score (nSPS) is 23.3. The minimum atomic E-state index is -4.22. The highest BCUT2D eigenvalue weighted by Gasteiger charge is 2.33. The van der Waals surface area contributed by atoms with Crippen molar-refractivity contribution < 1.29 is 23.1 Å². The Labute approximate surface area is 79.5 Å². The van der Waals surface area contributed by atoms with E-state index in [1.165, 1.54) is 0 Å². The maximum atomic E-state index is 11.8. The van der Waals surface area contributed by atoms with Crippen molar-refractivity contribution in [2.24, 2.45) is 5.92 Å². The minimum Gasteiger partial charge on any atom is -0.396 e. The van der Waals surface area contributed by atoms with Crippen molar-refractivity contribution in [2.45, 2.75) is 19.0 Å². The Morgan fingerprint density at radius 2 is 2.14 bits per heavy atom. The van der Waals surface area contributed by atoms with Gasteiger partial charge in [0, 0.05) is 32.0 Å². The number of alkyl halides is 3. The fourth-order valence-electron chi connectivity index (χ4n) is 1.45. The lowest BCUT2D eigenvalue weighted by molar-refractivity contribution is -0.143. The van der Waals surface area contributed by atoms with E-state index in [-0.39, 0.29) is 37.9 Å². The fourth-order valence-corrected chi connectivity index (χ4v) is 1.45. The summed E-state index contributed by atoms with van der Waals surface area (Å²) >= 11 is 0. The Balaban J connectivity index is 2.36. The Bertz CT molecular complexity index is 217. The number of aliphatic hydroxyl groups excluding tert-OH is 1. The summed E-state index contributed by atoms with van der Waals surface area (Å²) in [6.07, 6.45) is -5.04. The van der Waals surface area contributed by atoms with E-state index < -0.39 is 12.6 Å². The number of hydrogen-bond acceptors (Lipinski definition) is 2. The van der Waals surface area contributed by atoms with Crippen LogP contribution < -0.4 is 0 Å². The third kappa shape index (κ3) is 3.17. The van der Waals surface area contributed by atoms with Crippen LogP contribution in [0.15, 0.2) is 0 Å². The number of rotatable bonds is 3. The predicted molar refractivity (Wildman–Crippen MR) is 42.4 cm³/mol. The van der Waals surface area contributed by atoms with Gasteiger partial charge in [-0.25, -0.2) is 0 Å². The molecule has 1 atom stereocenters. The van der Waals surface area contributed by atoms with Gasteiger partial charge in [0.25, 0.3) is 0 Å². The van der Waals surface area contributed by atoms with Crippen LogP contribution in [-0.2, 0) is 4.79 Å². The fraction of sp³-hybridized carbons (Fsp3) is 0.875. The van der Waals surface area contributed by atoms with Gasteiger partial charge < -0.3 is 10.0 Å². The van der Waals surface area contributed by atoms with Crippen molar-refractivity contribution >= 4 is 5.91 Å². The molecule has 1 fully saturated rings. The van der Waals surface area contributed by atoms with E-state index >= 15 is 0 Å². The van der Waals surface area contributed by atoms with E-state index in [0.717, 1.165) is 4.90 Å². The molecule has 1 rings (SSSR count). The van der Waals surface area contributed by atoms with Crippen molar-refractivity contribution in [1.82, 2.24) is 4.90 Å². The summed E-state index contributed by atoms with van der Waals surface area (Å²) in [5.41, 5.74) is 0. The smallest absolute Gasteiger partial charge is 0.390 e. The van der Waals surface area contributed by atoms with Gasteiger partial charge in [-0.2, -0.15) is 13.2 Å². The standard InChI is InChI=1S/C8H12F3NO2/c9-8(10,11)1-2-12-4-6(5-13)3-7(12)14/h6,13H,1-5H2. The Hall–Kier alpha value is -0.780. The predicted octanol–water partition coefficient (Wildman–Crippen LogP) is 0.780. The number of carbonyl (C=O) groups excluding carboxylic acids is 1. The van der Waals surface area contributed by atoms with Crippen molar-refractivity contribution in [3.63, 3.8) is 0 Å². The van der Waals surface area contributed by atoms with Crippen molar-refractivity contribution in [2.75, 3.05) is 19.7 Å². The van der Waals surface area contributed by atoms with Gasteiger partial charge in [-0.3, -0.25) is 4.79 Å². The van der Waals surface area contributed by atoms with E-state index in [1.54, 1.807) is 0 Å². The highest BCUT2D eigenvalue weighted by molar-refractivity contribution is 5.78. The molecule has 14 heavy (non-hydrogen) atoms. The number of nitrogens with zero attached hydrogens (tertiary/aromatic N) is 1. The molecule has 1 amide bonds. The summed E-state index contributed by atoms with van der Waals surface area (Å²) in [5, 5.41) is 8.73. The van der Waals surface area contributed by atoms with Crippen LogP contribution in [0.2, 0.25) is 0 Å². The summed E-state index contributed by atoms with van der Waals surface area (Å²) in [5.74, 6) is -0.496. The molecule has 0 aromatic rings. The van der Waals surface area contributed by atoms with Crippen LogP contribution in [-0.4, -0.2) is 41.8 Å². The van der Waals surface area contributed by atoms with Crippen molar-refractivity contribution in [3.05, 3.63) is 0 Å². The van der Waals surface area contributed by atoms with Gasteiger partial charge >= 0.3 is 6.18 Å². The molecule has 0 aromatic carbocycles. The quantitative estimate of drug-likeness (QED) is 0.749. The van der Waals surface area contributed by atoms with Gasteiger partial charge in [-0.1, -0.05) is 0 Å². The van der Waals surface area contributed by atoms with Crippen LogP contribution in [0.3, 0.4) is 0 Å². The van der Waals surface area contributed by atoms with Gasteiger partial charge in [0.15, 0.2) is 0 Å². The molecule has 0 spiro atoms. The second kappa shape index (κ2) is 4.16. The van der Waals surface area contributed by atoms with Crippen molar-refractivity contribution in [1.29, 1.82) is 0 Å². The Morgan fingerprint density at radius 1 is 1.50 bits per heavy atom. The van der Waals surface area contributed by atoms with Gasteiger partial charge in [0.05, 0.1) is 6.42 Å². The molecule has 0 saturated carbocycles. The molecule has 82 valence electrons. The third-order valence-corrected chi connectivity index (χ3v) is 2.22. The minimum absolute atomic E-state index is 0.145. The highest BCUT2D eigenvalue weighted by atomic mass is 19.4. The molecule has 1 aliphatic heterocycles. The van der Waals surface area contributed by atoms with Crippen LogP contribution in [0.1, 0.15) is 12.8 Å². The first-order valence-electron chi connectivity index (χ1n) is 4.38. The second-order valence-electron chi connectivity index (χ2n) is 3.46. The number of hydrogen-bond donors (Lipinski definition) is 1. The van der Waals surface area contributed by atoms with Gasteiger partial charge in [0.1, 0.15) is 0 Å². The molecular formula is C8H12F3NO2. The van der Waals surface area contributed by atoms with E-state index in [2.05, 4.69) is 0 Å². The van der Waals surface area contributed by atoms with Crippen LogP contribution in [0, 0.1) is 5.92 Å². The molecule has 0 aromatic heterocycles. The van der Waals surface area contributed by atoms with E-state index in [1.807, 2.05) is 0 Å². The molecular weight excluding hydrogens is 199 g/mol. The number of halogens is 3. The molecule has 0 bridgehead atoms. The SMILES string of the molecule is O=C1CC(CO)CN1CCC(F)(F)F. The monoisotopic (exact) mass is 211 g/mol. The molecule has 1 saturated heterocycles. The molecule has 1 unspecified atom stereocenters. The zero-order chi connectivity index (χ0) is 10.8. The lowest BCUT2D eigenvalue weighted by Crippen LogP contribution is -2.29. The summed E-state index contributed by atoms with van der Waals surface area (Å²) in [6, 6.07) is 0. The topological polar surface area (TPSA) is 40.5 Å². The van der Waals surface area contributed by atoms with E-state index in [9.17, 15) is 18.0 Å². The van der Waals surface area contributed by atoms with Crippen LogP contribution >= 0.6 is 0 Å². The van der Waals surface area contributed by atoms with Gasteiger partial charge in [-0.15, -0.1) is 0 Å². The van der Waals surface area contributed by atoms with Crippen LogP contribution in [0.25, 0.3) is 0 Å². The molecule has 1 heterocycles. The van der Waals surface area contributed by atoms with Crippen LogP contribution in [0.5, 0.6) is 0 Å². The summed E-state index contributed by atoms with van der Waals surface area (Å²) < 4.78 is 35.5. The number of carbonyl (C=O) groups is 1.